The highest BCUT2D eigenvalue weighted by Crippen LogP contribution is 2.66. The summed E-state index contributed by atoms with van der Waals surface area (Å²) < 4.78 is 5.86. The van der Waals surface area contributed by atoms with Crippen molar-refractivity contribution in [2.75, 3.05) is 6.61 Å². The Hall–Kier alpha value is -0.690. The summed E-state index contributed by atoms with van der Waals surface area (Å²) >= 11 is 0. The van der Waals surface area contributed by atoms with Crippen LogP contribution in [0.15, 0.2) is 0 Å². The van der Waals surface area contributed by atoms with E-state index in [1.165, 1.54) is 0 Å². The van der Waals surface area contributed by atoms with Gasteiger partial charge in [-0.3, -0.25) is 4.79 Å². The molecule has 0 aromatic heterocycles. The van der Waals surface area contributed by atoms with Crippen LogP contribution in [0.1, 0.15) is 80.1 Å². The zero-order chi connectivity index (χ0) is 25.2. The molecule has 0 aromatic carbocycles. The molecule has 1 heterocycles. The average Bonchev–Trinajstić information content (AvgIpc) is 3.09. The summed E-state index contributed by atoms with van der Waals surface area (Å²) in [6, 6.07) is 0. The van der Waals surface area contributed by atoms with E-state index < -0.39 is 24.4 Å². The Morgan fingerprint density at radius 3 is 2.21 bits per heavy atom. The molecule has 0 unspecified atom stereocenters. The summed E-state index contributed by atoms with van der Waals surface area (Å²) in [6.45, 7) is 13.2. The van der Waals surface area contributed by atoms with Gasteiger partial charge >= 0.3 is 5.97 Å². The van der Waals surface area contributed by atoms with Crippen molar-refractivity contribution in [2.24, 2.45) is 58.2 Å². The van der Waals surface area contributed by atoms with Gasteiger partial charge in [-0.1, -0.05) is 41.5 Å². The zero-order valence-corrected chi connectivity index (χ0v) is 22.0. The quantitative estimate of drug-likeness (QED) is 0.450. The number of cyclic esters (lactones) is 1. The molecule has 0 spiro atoms. The van der Waals surface area contributed by atoms with Crippen molar-refractivity contribution in [1.29, 1.82) is 0 Å². The molecule has 1 aliphatic heterocycles. The molecule has 0 bridgehead atoms. The zero-order valence-electron chi connectivity index (χ0n) is 22.0. The van der Waals surface area contributed by atoms with Gasteiger partial charge in [-0.2, -0.15) is 0 Å². The lowest BCUT2D eigenvalue weighted by molar-refractivity contribution is -0.162. The first-order valence-corrected chi connectivity index (χ1v) is 13.7. The molecule has 13 atom stereocenters. The molecular weight excluding hydrogens is 432 g/mol. The van der Waals surface area contributed by atoms with Crippen molar-refractivity contribution in [3.8, 4) is 0 Å². The summed E-state index contributed by atoms with van der Waals surface area (Å²) in [5.74, 6) is 0.948. The lowest BCUT2D eigenvalue weighted by atomic mass is 9.48. The fourth-order valence-corrected chi connectivity index (χ4v) is 8.95. The normalized spacial score (nSPS) is 48.1. The van der Waals surface area contributed by atoms with Crippen LogP contribution in [0.4, 0.5) is 0 Å². The van der Waals surface area contributed by atoms with E-state index >= 15 is 0 Å². The molecule has 0 aromatic rings. The Bertz CT molecular complexity index is 755. The third-order valence-electron chi connectivity index (χ3n) is 11.5. The topological polar surface area (TPSA) is 107 Å². The second kappa shape index (κ2) is 9.32. The Labute approximate surface area is 205 Å². The van der Waals surface area contributed by atoms with E-state index in [2.05, 4.69) is 34.6 Å². The van der Waals surface area contributed by atoms with Crippen molar-refractivity contribution in [1.82, 2.24) is 0 Å². The lowest BCUT2D eigenvalue weighted by Crippen LogP contribution is -2.55. The Kier molecular flexibility index (Phi) is 7.23. The third kappa shape index (κ3) is 4.05. The van der Waals surface area contributed by atoms with Gasteiger partial charge < -0.3 is 25.2 Å². The summed E-state index contributed by atoms with van der Waals surface area (Å²) in [5.41, 5.74) is -0.345. The highest BCUT2D eigenvalue weighted by atomic mass is 16.5. The summed E-state index contributed by atoms with van der Waals surface area (Å²) in [7, 11) is 0. The first-order valence-electron chi connectivity index (χ1n) is 13.7. The van der Waals surface area contributed by atoms with Crippen molar-refractivity contribution in [3.63, 3.8) is 0 Å². The number of carbonyl (C=O) groups is 1. The van der Waals surface area contributed by atoms with E-state index in [1.54, 1.807) is 0 Å². The van der Waals surface area contributed by atoms with E-state index in [4.69, 9.17) is 4.74 Å². The monoisotopic (exact) mass is 480 g/mol. The number of hydrogen-bond acceptors (Lipinski definition) is 6. The average molecular weight is 481 g/mol. The lowest BCUT2D eigenvalue weighted by Gasteiger charge is -2.56. The van der Waals surface area contributed by atoms with Gasteiger partial charge in [0.2, 0.25) is 0 Å². The van der Waals surface area contributed by atoms with Gasteiger partial charge in [-0.05, 0) is 90.8 Å². The summed E-state index contributed by atoms with van der Waals surface area (Å²) in [4.78, 5) is 13.0. The molecule has 4 N–H and O–H groups in total. The van der Waals surface area contributed by atoms with E-state index in [-0.39, 0.29) is 52.8 Å². The van der Waals surface area contributed by atoms with Crippen LogP contribution in [0.2, 0.25) is 0 Å². The fraction of sp³-hybridized carbons (Fsp3) is 0.964. The Morgan fingerprint density at radius 1 is 0.912 bits per heavy atom. The van der Waals surface area contributed by atoms with Gasteiger partial charge in [-0.25, -0.2) is 0 Å². The maximum atomic E-state index is 13.0. The number of aliphatic hydroxyl groups excluding tert-OH is 4. The molecule has 6 heteroatoms. The minimum atomic E-state index is -0.867. The number of rotatable bonds is 5. The first kappa shape index (κ1) is 26.4. The molecule has 3 aliphatic carbocycles. The largest absolute Gasteiger partial charge is 0.465 e. The molecule has 4 aliphatic rings. The van der Waals surface area contributed by atoms with Crippen LogP contribution >= 0.6 is 0 Å². The van der Waals surface area contributed by atoms with Gasteiger partial charge in [0.15, 0.2) is 0 Å². The van der Waals surface area contributed by atoms with Crippen LogP contribution in [-0.2, 0) is 9.53 Å². The third-order valence-corrected chi connectivity index (χ3v) is 11.5. The van der Waals surface area contributed by atoms with Gasteiger partial charge in [-0.15, -0.1) is 0 Å². The summed E-state index contributed by atoms with van der Waals surface area (Å²) in [6.07, 6.45) is 1.61. The van der Waals surface area contributed by atoms with Crippen LogP contribution < -0.4 is 0 Å². The maximum absolute atomic E-state index is 13.0. The first-order chi connectivity index (χ1) is 15.8. The van der Waals surface area contributed by atoms with Gasteiger partial charge in [0.05, 0.1) is 36.9 Å². The van der Waals surface area contributed by atoms with Crippen molar-refractivity contribution >= 4 is 5.97 Å². The number of ether oxygens (including phenoxy) is 1. The molecule has 3 saturated carbocycles. The summed E-state index contributed by atoms with van der Waals surface area (Å²) in [5, 5.41) is 42.9. The molecular formula is C28H48O6. The molecule has 0 radical (unpaired) electrons. The fourth-order valence-electron chi connectivity index (χ4n) is 8.95. The highest BCUT2D eigenvalue weighted by molar-refractivity contribution is 5.74. The second-order valence-electron chi connectivity index (χ2n) is 13.3. The molecule has 6 nitrogen and oxygen atoms in total. The number of hydrogen-bond donors (Lipinski definition) is 4. The smallest absolute Gasteiger partial charge is 0.309 e. The minimum absolute atomic E-state index is 0.00827. The standard InChI is InChI=1S/C28H48O6/c1-14(2)15(3)24(31)25(32)16(4)18-7-8-19-17-13-34-26(33)21-11-22(29)23(30)12-28(21,6)20(17)9-10-27(18,19)5/h14-25,29-32H,7-13H2,1-6H3/t15-,16+,17-,18-,19+,20+,21-,22-,23-,24+,25+,27+,28+/m0/s1. The predicted octanol–water partition coefficient (Wildman–Crippen LogP) is 3.39. The highest BCUT2D eigenvalue weighted by Gasteiger charge is 2.63. The number of fused-ring (bicyclic) bond motifs is 5. The Morgan fingerprint density at radius 2 is 1.56 bits per heavy atom. The van der Waals surface area contributed by atoms with E-state index in [9.17, 15) is 25.2 Å². The van der Waals surface area contributed by atoms with E-state index in [0.29, 0.717) is 30.8 Å². The van der Waals surface area contributed by atoms with Gasteiger partial charge in [0.25, 0.3) is 0 Å². The van der Waals surface area contributed by atoms with Gasteiger partial charge in [0.1, 0.15) is 0 Å². The van der Waals surface area contributed by atoms with Crippen LogP contribution in [0, 0.1) is 58.2 Å². The van der Waals surface area contributed by atoms with E-state index in [0.717, 1.165) is 25.7 Å². The number of esters is 1. The minimum Gasteiger partial charge on any atom is -0.465 e. The molecule has 34 heavy (non-hydrogen) atoms. The molecule has 196 valence electrons. The number of aliphatic hydroxyl groups is 4. The molecule has 0 amide bonds. The molecule has 4 fully saturated rings. The Balaban J connectivity index is 1.58. The van der Waals surface area contributed by atoms with Crippen molar-refractivity contribution in [2.45, 2.75) is 104 Å². The maximum Gasteiger partial charge on any atom is 0.309 e. The SMILES string of the molecule is CC(C)[C@H](C)[C@@H](O)[C@H](O)[C@H](C)[C@@H]1CC[C@@H]2[C@@H]3COC(=O)[C@@H]4C[C@H](O)[C@@H](O)C[C@]4(C)[C@@H]3CC[C@@]21C. The van der Waals surface area contributed by atoms with Crippen molar-refractivity contribution < 1.29 is 30.0 Å². The molecule has 4 rings (SSSR count). The van der Waals surface area contributed by atoms with Crippen LogP contribution in [0.25, 0.3) is 0 Å². The number of carbonyl (C=O) groups excluding carboxylic acids is 1. The molecule has 1 saturated heterocycles. The van der Waals surface area contributed by atoms with Crippen LogP contribution in [0.5, 0.6) is 0 Å². The van der Waals surface area contributed by atoms with E-state index in [1.807, 2.05) is 6.92 Å². The van der Waals surface area contributed by atoms with Crippen molar-refractivity contribution in [3.05, 3.63) is 0 Å². The predicted molar refractivity (Wildman–Crippen MR) is 130 cm³/mol. The van der Waals surface area contributed by atoms with Gasteiger partial charge in [0, 0.05) is 0 Å². The second-order valence-corrected chi connectivity index (χ2v) is 13.3. The van der Waals surface area contributed by atoms with Crippen LogP contribution in [-0.4, -0.2) is 57.4 Å². The van der Waals surface area contributed by atoms with Crippen LogP contribution in [0.3, 0.4) is 0 Å².